The highest BCUT2D eigenvalue weighted by atomic mass is 79.9. The lowest BCUT2D eigenvalue weighted by Gasteiger charge is -2.10. The molecule has 0 bridgehead atoms. The molecular weight excluding hydrogens is 485 g/mol. The van der Waals surface area contributed by atoms with Gasteiger partial charge in [0.05, 0.1) is 32.6 Å². The average Bonchev–Trinajstić information content (AvgIpc) is 2.87. The van der Waals surface area contributed by atoms with E-state index in [2.05, 4.69) is 36.8 Å². The molecule has 0 aliphatic heterocycles. The topological polar surface area (TPSA) is 54.9 Å². The van der Waals surface area contributed by atoms with Crippen molar-refractivity contribution in [1.29, 1.82) is 0 Å². The number of aromatic amines is 1. The molecule has 0 radical (unpaired) electrons. The van der Waals surface area contributed by atoms with Gasteiger partial charge in [-0.1, -0.05) is 11.6 Å². The molecule has 25 heavy (non-hydrogen) atoms. The maximum atomic E-state index is 13.5. The summed E-state index contributed by atoms with van der Waals surface area (Å²) >= 11 is 12.6. The number of nitrogens with zero attached hydrogens (tertiary/aromatic N) is 1. The summed E-state index contributed by atoms with van der Waals surface area (Å²) in [5, 5.41) is 0.105. The number of alkyl halides is 1. The molecule has 1 N–H and O–H groups in total. The van der Waals surface area contributed by atoms with Crippen LogP contribution in [0, 0.1) is 5.82 Å². The molecule has 0 aliphatic carbocycles. The number of nitrogens with one attached hydrogen (secondary N) is 1. The summed E-state index contributed by atoms with van der Waals surface area (Å²) in [5.41, 5.74) is 0.455. The Labute approximate surface area is 162 Å². The van der Waals surface area contributed by atoms with Crippen LogP contribution < -0.4 is 5.69 Å². The number of imidazole rings is 1. The molecule has 0 saturated heterocycles. The van der Waals surface area contributed by atoms with Crippen LogP contribution in [0.15, 0.2) is 38.0 Å². The van der Waals surface area contributed by atoms with Crippen LogP contribution in [0.3, 0.4) is 0 Å². The van der Waals surface area contributed by atoms with Gasteiger partial charge in [0, 0.05) is 10.0 Å². The van der Waals surface area contributed by atoms with E-state index in [1.807, 2.05) is 0 Å². The van der Waals surface area contributed by atoms with E-state index in [-0.39, 0.29) is 22.7 Å². The van der Waals surface area contributed by atoms with Crippen LogP contribution in [-0.2, 0) is 6.54 Å². The first-order valence-electron chi connectivity index (χ1n) is 7.01. The molecule has 2 aromatic carbocycles. The molecule has 0 saturated carbocycles. The first-order chi connectivity index (χ1) is 11.8. The van der Waals surface area contributed by atoms with Gasteiger partial charge >= 0.3 is 5.69 Å². The Hall–Kier alpha value is -1.51. The van der Waals surface area contributed by atoms with E-state index >= 15 is 0 Å². The van der Waals surface area contributed by atoms with Crippen molar-refractivity contribution in [3.05, 3.63) is 65.7 Å². The minimum atomic E-state index is -0.707. The quantitative estimate of drug-likeness (QED) is 0.528. The van der Waals surface area contributed by atoms with Gasteiger partial charge in [-0.15, -0.1) is 0 Å². The third-order valence-electron chi connectivity index (χ3n) is 3.67. The molecular formula is C16H9Br2ClF2N2O2. The van der Waals surface area contributed by atoms with Crippen molar-refractivity contribution in [2.24, 2.45) is 0 Å². The van der Waals surface area contributed by atoms with Gasteiger partial charge < -0.3 is 4.98 Å². The van der Waals surface area contributed by atoms with Crippen LogP contribution in [0.5, 0.6) is 0 Å². The first-order valence-corrected chi connectivity index (χ1v) is 8.97. The Morgan fingerprint density at radius 3 is 2.68 bits per heavy atom. The molecule has 4 nitrogen and oxygen atoms in total. The highest BCUT2D eigenvalue weighted by Crippen LogP contribution is 2.35. The van der Waals surface area contributed by atoms with Crippen LogP contribution >= 0.6 is 43.5 Å². The monoisotopic (exact) mass is 492 g/mol. The number of carbonyl (C=O) groups is 1. The Kier molecular flexibility index (Phi) is 5.13. The normalized spacial score (nSPS) is 11.2. The zero-order chi connectivity index (χ0) is 18.3. The number of carbonyl (C=O) groups excluding carboxylic acids is 1. The van der Waals surface area contributed by atoms with Gasteiger partial charge in [-0.25, -0.2) is 13.6 Å². The van der Waals surface area contributed by atoms with Gasteiger partial charge in [0.1, 0.15) is 12.5 Å². The number of fused-ring (bicyclic) bond motifs is 1. The molecule has 9 heteroatoms. The number of rotatable bonds is 4. The van der Waals surface area contributed by atoms with E-state index in [0.717, 1.165) is 12.1 Å². The molecule has 0 atom stereocenters. The lowest BCUT2D eigenvalue weighted by atomic mass is 10.0. The van der Waals surface area contributed by atoms with E-state index in [9.17, 15) is 18.4 Å². The van der Waals surface area contributed by atoms with Crippen molar-refractivity contribution in [2.45, 2.75) is 6.54 Å². The molecule has 0 amide bonds. The molecule has 3 rings (SSSR count). The molecule has 0 fully saturated rings. The lowest BCUT2D eigenvalue weighted by molar-refractivity contribution is 0.103. The number of benzene rings is 2. The van der Waals surface area contributed by atoms with E-state index in [4.69, 9.17) is 11.6 Å². The average molecular weight is 495 g/mol. The largest absolute Gasteiger partial charge is 0.326 e. The second-order valence-corrected chi connectivity index (χ2v) is 7.22. The third kappa shape index (κ3) is 3.18. The summed E-state index contributed by atoms with van der Waals surface area (Å²) in [6, 6.07) is 5.03. The summed E-state index contributed by atoms with van der Waals surface area (Å²) in [4.78, 5) is 27.4. The fourth-order valence-corrected chi connectivity index (χ4v) is 4.30. The number of aryl methyl sites for hydroxylation is 1. The lowest BCUT2D eigenvalue weighted by Crippen LogP contribution is -2.17. The molecule has 1 aromatic heterocycles. The van der Waals surface area contributed by atoms with E-state index in [1.54, 1.807) is 0 Å². The highest BCUT2D eigenvalue weighted by molar-refractivity contribution is 9.11. The van der Waals surface area contributed by atoms with Crippen molar-refractivity contribution >= 4 is 60.3 Å². The van der Waals surface area contributed by atoms with Crippen molar-refractivity contribution in [2.75, 3.05) is 6.67 Å². The Morgan fingerprint density at radius 1 is 1.28 bits per heavy atom. The second kappa shape index (κ2) is 7.01. The predicted molar refractivity (Wildman–Crippen MR) is 98.8 cm³/mol. The number of aromatic nitrogens is 2. The van der Waals surface area contributed by atoms with E-state index < -0.39 is 24.0 Å². The molecule has 1 heterocycles. The van der Waals surface area contributed by atoms with Crippen LogP contribution in [-0.4, -0.2) is 22.0 Å². The SMILES string of the molecule is O=C(c1cc(F)ccc1Cl)c1c(Br)cc2c([nH]c(=O)n2CCF)c1Br. The third-order valence-corrected chi connectivity index (χ3v) is 5.42. The number of H-pyrrole nitrogens is 1. The van der Waals surface area contributed by atoms with Gasteiger partial charge in [-0.3, -0.25) is 9.36 Å². The van der Waals surface area contributed by atoms with Crippen molar-refractivity contribution in [1.82, 2.24) is 9.55 Å². The summed E-state index contributed by atoms with van der Waals surface area (Å²) < 4.78 is 28.1. The van der Waals surface area contributed by atoms with Crippen molar-refractivity contribution < 1.29 is 13.6 Å². The van der Waals surface area contributed by atoms with Gasteiger partial charge in [-0.05, 0) is 56.1 Å². The van der Waals surface area contributed by atoms with Gasteiger partial charge in [-0.2, -0.15) is 0 Å². The van der Waals surface area contributed by atoms with Gasteiger partial charge in [0.25, 0.3) is 0 Å². The molecule has 130 valence electrons. The molecule has 0 unspecified atom stereocenters. The summed E-state index contributed by atoms with van der Waals surface area (Å²) in [5.74, 6) is -1.12. The summed E-state index contributed by atoms with van der Waals surface area (Å²) in [6.45, 7) is -0.817. The predicted octanol–water partition coefficient (Wildman–Crippen LogP) is 4.85. The minimum absolute atomic E-state index is 0.00652. The van der Waals surface area contributed by atoms with Crippen LogP contribution in [0.1, 0.15) is 15.9 Å². The maximum absolute atomic E-state index is 13.5. The van der Waals surface area contributed by atoms with Crippen LogP contribution in [0.25, 0.3) is 11.0 Å². The number of halogens is 5. The first kappa shape index (κ1) is 18.3. The minimum Gasteiger partial charge on any atom is -0.305 e. The van der Waals surface area contributed by atoms with E-state index in [1.165, 1.54) is 16.7 Å². The number of hydrogen-bond acceptors (Lipinski definition) is 2. The van der Waals surface area contributed by atoms with Crippen molar-refractivity contribution in [3.8, 4) is 0 Å². The second-order valence-electron chi connectivity index (χ2n) is 5.17. The zero-order valence-corrected chi connectivity index (χ0v) is 16.3. The van der Waals surface area contributed by atoms with Gasteiger partial charge in [0.15, 0.2) is 5.78 Å². The zero-order valence-electron chi connectivity index (χ0n) is 12.4. The molecule has 3 aromatic rings. The molecule has 0 spiro atoms. The van der Waals surface area contributed by atoms with Gasteiger partial charge in [0.2, 0.25) is 0 Å². The maximum Gasteiger partial charge on any atom is 0.326 e. The standard InChI is InChI=1S/C16H9Br2ClF2N2O2/c17-9-6-11-14(22-16(25)23(11)4-3-20)13(18)12(9)15(24)8-5-7(21)1-2-10(8)19/h1-2,5-6H,3-4H2,(H,22,25). The highest BCUT2D eigenvalue weighted by Gasteiger charge is 2.23. The Bertz CT molecular complexity index is 1060. The summed E-state index contributed by atoms with van der Waals surface area (Å²) in [6.07, 6.45) is 0. The Balaban J connectivity index is 2.25. The van der Waals surface area contributed by atoms with Crippen molar-refractivity contribution in [3.63, 3.8) is 0 Å². The fourth-order valence-electron chi connectivity index (χ4n) is 2.54. The summed E-state index contributed by atoms with van der Waals surface area (Å²) in [7, 11) is 0. The Morgan fingerprint density at radius 2 is 2.00 bits per heavy atom. The number of ketones is 1. The van der Waals surface area contributed by atoms with Crippen LogP contribution in [0.4, 0.5) is 8.78 Å². The van der Waals surface area contributed by atoms with E-state index in [0.29, 0.717) is 20.0 Å². The molecule has 0 aliphatic rings. The fraction of sp³-hybridized carbons (Fsp3) is 0.125. The number of hydrogen-bond donors (Lipinski definition) is 1. The van der Waals surface area contributed by atoms with Crippen LogP contribution in [0.2, 0.25) is 5.02 Å². The smallest absolute Gasteiger partial charge is 0.305 e.